The summed E-state index contributed by atoms with van der Waals surface area (Å²) in [4.78, 5) is 2.56. The van der Waals surface area contributed by atoms with Crippen molar-refractivity contribution in [3.8, 4) is 0 Å². The van der Waals surface area contributed by atoms with Crippen molar-refractivity contribution < 1.29 is 0 Å². The predicted octanol–water partition coefficient (Wildman–Crippen LogP) is 3.67. The van der Waals surface area contributed by atoms with Crippen molar-refractivity contribution in [2.45, 2.75) is 77.3 Å². The minimum atomic E-state index is 0.791. The Bertz CT molecular complexity index is 252. The van der Waals surface area contributed by atoms with Crippen LogP contribution in [0.1, 0.15) is 65.2 Å². The highest BCUT2D eigenvalue weighted by Crippen LogP contribution is 2.29. The van der Waals surface area contributed by atoms with Gasteiger partial charge in [0.25, 0.3) is 0 Å². The molecule has 1 aliphatic heterocycles. The molecule has 0 aromatic heterocycles. The van der Waals surface area contributed by atoms with Crippen molar-refractivity contribution in [3.05, 3.63) is 0 Å². The lowest BCUT2D eigenvalue weighted by Gasteiger charge is -2.36. The van der Waals surface area contributed by atoms with Gasteiger partial charge in [-0.1, -0.05) is 33.1 Å². The maximum Gasteiger partial charge on any atom is 0.0217 e. The Balaban J connectivity index is 1.70. The summed E-state index contributed by atoms with van der Waals surface area (Å²) in [5.74, 6) is 1.85. The molecule has 3 atom stereocenters. The molecule has 0 spiro atoms. The Morgan fingerprint density at radius 1 is 1.11 bits per heavy atom. The average molecular weight is 266 g/mol. The zero-order chi connectivity index (χ0) is 13.7. The molecular formula is C17H34N2. The number of nitrogens with zero attached hydrogens (tertiary/aromatic N) is 1. The van der Waals surface area contributed by atoms with E-state index in [2.05, 4.69) is 31.1 Å². The first-order chi connectivity index (χ1) is 9.15. The molecule has 2 rings (SSSR count). The average Bonchev–Trinajstić information content (AvgIpc) is 2.37. The van der Waals surface area contributed by atoms with Crippen molar-refractivity contribution in [1.29, 1.82) is 0 Å². The molecule has 2 heteroatoms. The molecule has 0 aromatic rings. The molecule has 1 heterocycles. The molecule has 1 aliphatic carbocycles. The second-order valence-corrected chi connectivity index (χ2v) is 7.40. The van der Waals surface area contributed by atoms with Crippen LogP contribution < -0.4 is 5.32 Å². The van der Waals surface area contributed by atoms with Gasteiger partial charge in [-0.25, -0.2) is 0 Å². The second kappa shape index (κ2) is 7.64. The van der Waals surface area contributed by atoms with Crippen LogP contribution in [-0.2, 0) is 0 Å². The van der Waals surface area contributed by atoms with Gasteiger partial charge < -0.3 is 10.2 Å². The van der Waals surface area contributed by atoms with Gasteiger partial charge in [0.15, 0.2) is 0 Å². The minimum Gasteiger partial charge on any atom is -0.312 e. The molecular weight excluding hydrogens is 232 g/mol. The largest absolute Gasteiger partial charge is 0.312 e. The smallest absolute Gasteiger partial charge is 0.0217 e. The molecule has 1 N–H and O–H groups in total. The third-order valence-electron chi connectivity index (χ3n) is 5.15. The summed E-state index contributed by atoms with van der Waals surface area (Å²) in [6.07, 6.45) is 11.4. The Hall–Kier alpha value is -0.0800. The Labute approximate surface area is 120 Å². The van der Waals surface area contributed by atoms with Gasteiger partial charge >= 0.3 is 0 Å². The van der Waals surface area contributed by atoms with E-state index in [9.17, 15) is 0 Å². The second-order valence-electron chi connectivity index (χ2n) is 7.40. The van der Waals surface area contributed by atoms with Gasteiger partial charge in [-0.3, -0.25) is 0 Å². The van der Waals surface area contributed by atoms with E-state index in [0.29, 0.717) is 0 Å². The molecule has 0 aromatic carbocycles. The van der Waals surface area contributed by atoms with Gasteiger partial charge in [0.1, 0.15) is 0 Å². The lowest BCUT2D eigenvalue weighted by Crippen LogP contribution is -2.46. The van der Waals surface area contributed by atoms with Gasteiger partial charge in [0.05, 0.1) is 0 Å². The first-order valence-electron chi connectivity index (χ1n) is 8.58. The summed E-state index contributed by atoms with van der Waals surface area (Å²) in [6.45, 7) is 7.25. The first kappa shape index (κ1) is 15.3. The van der Waals surface area contributed by atoms with Crippen molar-refractivity contribution in [1.82, 2.24) is 10.2 Å². The van der Waals surface area contributed by atoms with Crippen LogP contribution in [0.25, 0.3) is 0 Å². The monoisotopic (exact) mass is 266 g/mol. The summed E-state index contributed by atoms with van der Waals surface area (Å²) < 4.78 is 0. The molecule has 2 aliphatic rings. The minimum absolute atomic E-state index is 0.791. The van der Waals surface area contributed by atoms with Crippen molar-refractivity contribution in [2.75, 3.05) is 20.1 Å². The maximum absolute atomic E-state index is 3.88. The fraction of sp³-hybridized carbons (Fsp3) is 1.00. The molecule has 0 bridgehead atoms. The quantitative estimate of drug-likeness (QED) is 0.817. The predicted molar refractivity (Wildman–Crippen MR) is 83.5 cm³/mol. The van der Waals surface area contributed by atoms with E-state index in [1.54, 1.807) is 0 Å². The normalized spacial score (nSPS) is 33.8. The summed E-state index contributed by atoms with van der Waals surface area (Å²) in [5.41, 5.74) is 0. The van der Waals surface area contributed by atoms with Gasteiger partial charge in [-0.05, 0) is 57.5 Å². The van der Waals surface area contributed by atoms with E-state index < -0.39 is 0 Å². The van der Waals surface area contributed by atoms with Crippen LogP contribution >= 0.6 is 0 Å². The third kappa shape index (κ3) is 5.07. The van der Waals surface area contributed by atoms with E-state index in [4.69, 9.17) is 0 Å². The molecule has 1 saturated carbocycles. The van der Waals surface area contributed by atoms with E-state index in [1.165, 1.54) is 64.5 Å². The highest BCUT2D eigenvalue weighted by Gasteiger charge is 2.24. The number of likely N-dealkylation sites (tertiary alicyclic amines) is 1. The molecule has 19 heavy (non-hydrogen) atoms. The standard InChI is InChI=1S/C17H34N2/c1-14(2)11-15-7-6-8-16(12-15)18-13-17-9-4-5-10-19(17)3/h14-18H,4-13H2,1-3H3. The van der Waals surface area contributed by atoms with Crippen molar-refractivity contribution >= 4 is 0 Å². The van der Waals surface area contributed by atoms with Crippen molar-refractivity contribution in [2.24, 2.45) is 11.8 Å². The summed E-state index contributed by atoms with van der Waals surface area (Å²) in [7, 11) is 2.30. The van der Waals surface area contributed by atoms with E-state index in [1.807, 2.05) is 0 Å². The van der Waals surface area contributed by atoms with Crippen LogP contribution in [0.3, 0.4) is 0 Å². The van der Waals surface area contributed by atoms with Crippen LogP contribution in [0.15, 0.2) is 0 Å². The highest BCUT2D eigenvalue weighted by molar-refractivity contribution is 4.82. The van der Waals surface area contributed by atoms with Gasteiger partial charge in [-0.2, -0.15) is 0 Å². The fourth-order valence-electron chi connectivity index (χ4n) is 4.06. The van der Waals surface area contributed by atoms with E-state index in [0.717, 1.165) is 23.9 Å². The molecule has 1 saturated heterocycles. The number of rotatable bonds is 5. The van der Waals surface area contributed by atoms with Gasteiger partial charge in [0, 0.05) is 18.6 Å². The maximum atomic E-state index is 3.88. The number of hydrogen-bond acceptors (Lipinski definition) is 2. The number of nitrogens with one attached hydrogen (secondary N) is 1. The molecule has 3 unspecified atom stereocenters. The lowest BCUT2D eigenvalue weighted by atomic mass is 9.81. The summed E-state index contributed by atoms with van der Waals surface area (Å²) in [6, 6.07) is 1.59. The lowest BCUT2D eigenvalue weighted by molar-refractivity contribution is 0.168. The molecule has 0 radical (unpaired) electrons. The Kier molecular flexibility index (Phi) is 6.15. The molecule has 112 valence electrons. The molecule has 0 amide bonds. The number of hydrogen-bond donors (Lipinski definition) is 1. The topological polar surface area (TPSA) is 15.3 Å². The Morgan fingerprint density at radius 3 is 2.68 bits per heavy atom. The Morgan fingerprint density at radius 2 is 1.95 bits per heavy atom. The zero-order valence-electron chi connectivity index (χ0n) is 13.3. The van der Waals surface area contributed by atoms with Crippen LogP contribution in [0.4, 0.5) is 0 Å². The first-order valence-corrected chi connectivity index (χ1v) is 8.58. The zero-order valence-corrected chi connectivity index (χ0v) is 13.3. The van der Waals surface area contributed by atoms with Crippen molar-refractivity contribution in [3.63, 3.8) is 0 Å². The highest BCUT2D eigenvalue weighted by atomic mass is 15.2. The van der Waals surface area contributed by atoms with Crippen LogP contribution in [0.2, 0.25) is 0 Å². The van der Waals surface area contributed by atoms with E-state index >= 15 is 0 Å². The van der Waals surface area contributed by atoms with E-state index in [-0.39, 0.29) is 0 Å². The SMILES string of the molecule is CC(C)CC1CCCC(NCC2CCCCN2C)C1. The molecule has 2 nitrogen and oxygen atoms in total. The fourth-order valence-corrected chi connectivity index (χ4v) is 4.06. The van der Waals surface area contributed by atoms with Crippen LogP contribution in [0.5, 0.6) is 0 Å². The summed E-state index contributed by atoms with van der Waals surface area (Å²) >= 11 is 0. The third-order valence-corrected chi connectivity index (χ3v) is 5.15. The van der Waals surface area contributed by atoms with Gasteiger partial charge in [-0.15, -0.1) is 0 Å². The number of piperidine rings is 1. The number of likely N-dealkylation sites (N-methyl/N-ethyl adjacent to an activating group) is 1. The van der Waals surface area contributed by atoms with Gasteiger partial charge in [0.2, 0.25) is 0 Å². The van der Waals surface area contributed by atoms with Crippen LogP contribution in [-0.4, -0.2) is 37.1 Å². The van der Waals surface area contributed by atoms with Crippen LogP contribution in [0, 0.1) is 11.8 Å². The molecule has 2 fully saturated rings. The summed E-state index contributed by atoms with van der Waals surface area (Å²) in [5, 5.41) is 3.88.